The number of hydrogen-bond donors (Lipinski definition) is 1. The summed E-state index contributed by atoms with van der Waals surface area (Å²) in [6.45, 7) is 12.7. The van der Waals surface area contributed by atoms with Gasteiger partial charge in [-0.1, -0.05) is 25.7 Å². The molecule has 2 fully saturated rings. The molecule has 2 rings (SSSR count). The molecular formula is C15H24O. The van der Waals surface area contributed by atoms with Gasteiger partial charge in [0, 0.05) is 0 Å². The van der Waals surface area contributed by atoms with Crippen molar-refractivity contribution in [1.29, 1.82) is 0 Å². The largest absolute Gasteiger partial charge is 0.389 e. The van der Waals surface area contributed by atoms with Gasteiger partial charge in [0.15, 0.2) is 0 Å². The second-order valence-corrected chi connectivity index (χ2v) is 6.15. The molecule has 0 bridgehead atoms. The van der Waals surface area contributed by atoms with Crippen molar-refractivity contribution in [2.75, 3.05) is 0 Å². The zero-order chi connectivity index (χ0) is 11.9. The van der Waals surface area contributed by atoms with Crippen LogP contribution in [0, 0.1) is 17.3 Å². The minimum Gasteiger partial charge on any atom is -0.389 e. The van der Waals surface area contributed by atoms with E-state index in [1.165, 1.54) is 18.4 Å². The molecule has 16 heavy (non-hydrogen) atoms. The maximum Gasteiger partial charge on any atom is 0.0750 e. The van der Waals surface area contributed by atoms with Crippen molar-refractivity contribution >= 4 is 0 Å². The highest BCUT2D eigenvalue weighted by atomic mass is 16.3. The van der Waals surface area contributed by atoms with E-state index in [4.69, 9.17) is 0 Å². The van der Waals surface area contributed by atoms with Crippen molar-refractivity contribution < 1.29 is 5.11 Å². The van der Waals surface area contributed by atoms with E-state index < -0.39 is 0 Å². The average molecular weight is 220 g/mol. The summed E-state index contributed by atoms with van der Waals surface area (Å²) < 4.78 is 0. The Morgan fingerprint density at radius 2 is 2.00 bits per heavy atom. The van der Waals surface area contributed by atoms with Gasteiger partial charge in [-0.15, -0.1) is 0 Å². The molecule has 2 aliphatic carbocycles. The van der Waals surface area contributed by atoms with Gasteiger partial charge in [0.1, 0.15) is 0 Å². The van der Waals surface area contributed by atoms with E-state index in [-0.39, 0.29) is 6.10 Å². The first-order chi connectivity index (χ1) is 7.44. The lowest BCUT2D eigenvalue weighted by atomic mass is 9.56. The topological polar surface area (TPSA) is 20.2 Å². The molecule has 0 aliphatic heterocycles. The Balaban J connectivity index is 2.19. The fraction of sp³-hybridized carbons (Fsp3) is 0.733. The predicted molar refractivity (Wildman–Crippen MR) is 68.1 cm³/mol. The maximum absolute atomic E-state index is 9.93. The minimum atomic E-state index is -0.262. The summed E-state index contributed by atoms with van der Waals surface area (Å²) in [7, 11) is 0. The van der Waals surface area contributed by atoms with Crippen molar-refractivity contribution in [2.45, 2.75) is 52.1 Å². The molecular weight excluding hydrogens is 196 g/mol. The molecule has 0 saturated heterocycles. The summed E-state index contributed by atoms with van der Waals surface area (Å²) in [5.74, 6) is 1.15. The molecule has 4 atom stereocenters. The standard InChI is InChI=1S/C15H24O/c1-10(2)12-5-7-15(4)8-6-14(16)11(3)13(15)9-12/h12-14,16H,1,3,5-9H2,2,4H3/t12-,13?,14-,15+/m1/s1. The Morgan fingerprint density at radius 1 is 1.38 bits per heavy atom. The molecule has 90 valence electrons. The van der Waals surface area contributed by atoms with E-state index in [0.717, 1.165) is 24.8 Å². The Labute approximate surface area is 99.3 Å². The van der Waals surface area contributed by atoms with Crippen molar-refractivity contribution in [3.63, 3.8) is 0 Å². The fourth-order valence-electron chi connectivity index (χ4n) is 3.59. The normalized spacial score (nSPS) is 43.9. The zero-order valence-electron chi connectivity index (χ0n) is 10.6. The molecule has 0 amide bonds. The molecule has 0 aromatic rings. The summed E-state index contributed by atoms with van der Waals surface area (Å²) >= 11 is 0. The third kappa shape index (κ3) is 1.86. The monoisotopic (exact) mass is 220 g/mol. The van der Waals surface area contributed by atoms with Gasteiger partial charge < -0.3 is 5.11 Å². The van der Waals surface area contributed by atoms with E-state index in [9.17, 15) is 5.11 Å². The van der Waals surface area contributed by atoms with Gasteiger partial charge in [-0.2, -0.15) is 0 Å². The van der Waals surface area contributed by atoms with Gasteiger partial charge >= 0.3 is 0 Å². The van der Waals surface area contributed by atoms with Crippen molar-refractivity contribution in [1.82, 2.24) is 0 Å². The summed E-state index contributed by atoms with van der Waals surface area (Å²) in [4.78, 5) is 0. The first kappa shape index (κ1) is 11.9. The first-order valence-corrected chi connectivity index (χ1v) is 6.46. The Hall–Kier alpha value is -0.560. The molecule has 1 nitrogen and oxygen atoms in total. The number of fused-ring (bicyclic) bond motifs is 1. The molecule has 1 N–H and O–H groups in total. The van der Waals surface area contributed by atoms with E-state index in [1.807, 2.05) is 0 Å². The fourth-order valence-corrected chi connectivity index (χ4v) is 3.59. The third-order valence-electron chi connectivity index (χ3n) is 4.99. The zero-order valence-corrected chi connectivity index (χ0v) is 10.6. The molecule has 1 unspecified atom stereocenters. The van der Waals surface area contributed by atoms with Crippen molar-refractivity contribution in [2.24, 2.45) is 17.3 Å². The molecule has 0 spiro atoms. The summed E-state index contributed by atoms with van der Waals surface area (Å²) in [6.07, 6.45) is 5.49. The molecule has 2 saturated carbocycles. The molecule has 0 aromatic heterocycles. The average Bonchev–Trinajstić information content (AvgIpc) is 2.24. The Bertz CT molecular complexity index is 317. The van der Waals surface area contributed by atoms with Crippen LogP contribution in [0.5, 0.6) is 0 Å². The van der Waals surface area contributed by atoms with Crippen LogP contribution in [-0.4, -0.2) is 11.2 Å². The SMILES string of the molecule is C=C(C)[C@@H]1CC[C@@]2(C)CC[C@@H](O)C(=C)C2C1. The van der Waals surface area contributed by atoms with Crippen LogP contribution in [0.25, 0.3) is 0 Å². The van der Waals surface area contributed by atoms with Crippen LogP contribution in [-0.2, 0) is 0 Å². The van der Waals surface area contributed by atoms with Gasteiger partial charge in [0.05, 0.1) is 6.10 Å². The summed E-state index contributed by atoms with van der Waals surface area (Å²) in [5, 5.41) is 9.93. The number of hydrogen-bond acceptors (Lipinski definition) is 1. The van der Waals surface area contributed by atoms with Crippen LogP contribution in [0.1, 0.15) is 46.0 Å². The number of allylic oxidation sites excluding steroid dienone is 1. The number of rotatable bonds is 1. The van der Waals surface area contributed by atoms with Crippen molar-refractivity contribution in [3.05, 3.63) is 24.3 Å². The van der Waals surface area contributed by atoms with E-state index in [1.54, 1.807) is 0 Å². The number of aliphatic hydroxyl groups is 1. The highest BCUT2D eigenvalue weighted by molar-refractivity contribution is 5.18. The quantitative estimate of drug-likeness (QED) is 0.668. The van der Waals surface area contributed by atoms with Crippen LogP contribution in [0.4, 0.5) is 0 Å². The number of aliphatic hydroxyl groups excluding tert-OH is 1. The summed E-state index contributed by atoms with van der Waals surface area (Å²) in [6, 6.07) is 0. The Morgan fingerprint density at radius 3 is 2.62 bits per heavy atom. The summed E-state index contributed by atoms with van der Waals surface area (Å²) in [5.41, 5.74) is 2.78. The minimum absolute atomic E-state index is 0.262. The van der Waals surface area contributed by atoms with E-state index in [0.29, 0.717) is 17.3 Å². The van der Waals surface area contributed by atoms with E-state index in [2.05, 4.69) is 27.0 Å². The molecule has 0 radical (unpaired) electrons. The van der Waals surface area contributed by atoms with Gasteiger partial charge in [-0.25, -0.2) is 0 Å². The molecule has 0 aromatic carbocycles. The maximum atomic E-state index is 9.93. The van der Waals surface area contributed by atoms with Crippen molar-refractivity contribution in [3.8, 4) is 0 Å². The second-order valence-electron chi connectivity index (χ2n) is 6.15. The van der Waals surface area contributed by atoms with Crippen LogP contribution >= 0.6 is 0 Å². The van der Waals surface area contributed by atoms with Gasteiger partial charge in [-0.3, -0.25) is 0 Å². The lowest BCUT2D eigenvalue weighted by molar-refractivity contribution is 0.0318. The van der Waals surface area contributed by atoms with Gasteiger partial charge in [0.2, 0.25) is 0 Å². The van der Waals surface area contributed by atoms with Crippen LogP contribution in [0.2, 0.25) is 0 Å². The van der Waals surface area contributed by atoms with Crippen LogP contribution < -0.4 is 0 Å². The molecule has 0 heterocycles. The lowest BCUT2D eigenvalue weighted by Crippen LogP contribution is -2.42. The van der Waals surface area contributed by atoms with Crippen LogP contribution in [0.15, 0.2) is 24.3 Å². The highest BCUT2D eigenvalue weighted by Gasteiger charge is 2.45. The third-order valence-corrected chi connectivity index (χ3v) is 4.99. The second kappa shape index (κ2) is 4.03. The smallest absolute Gasteiger partial charge is 0.0750 e. The highest BCUT2D eigenvalue weighted by Crippen LogP contribution is 2.54. The predicted octanol–water partition coefficient (Wildman–Crippen LogP) is 3.70. The van der Waals surface area contributed by atoms with Gasteiger partial charge in [-0.05, 0) is 61.9 Å². The first-order valence-electron chi connectivity index (χ1n) is 6.46. The lowest BCUT2D eigenvalue weighted by Gasteiger charge is -2.50. The molecule has 1 heteroatoms. The van der Waals surface area contributed by atoms with Gasteiger partial charge in [0.25, 0.3) is 0 Å². The molecule has 2 aliphatic rings. The van der Waals surface area contributed by atoms with Crippen LogP contribution in [0.3, 0.4) is 0 Å². The van der Waals surface area contributed by atoms with E-state index >= 15 is 0 Å². The Kier molecular flexibility index (Phi) is 3.00.